The summed E-state index contributed by atoms with van der Waals surface area (Å²) in [5.41, 5.74) is 0.322. The Bertz CT molecular complexity index is 558. The van der Waals surface area contributed by atoms with Gasteiger partial charge in [0.25, 0.3) is 5.91 Å². The van der Waals surface area contributed by atoms with Gasteiger partial charge in [0.05, 0.1) is 4.92 Å². The van der Waals surface area contributed by atoms with Crippen molar-refractivity contribution in [3.8, 4) is 0 Å². The van der Waals surface area contributed by atoms with E-state index in [2.05, 4.69) is 10.6 Å². The largest absolute Gasteiger partial charge is 0.380 e. The molecule has 2 rings (SSSR count). The SMILES string of the molecule is CCNc1cccc(C(=O)NCC2(SC)CC2)c1[N+](=O)[O-]. The minimum Gasteiger partial charge on any atom is -0.380 e. The predicted molar refractivity (Wildman–Crippen MR) is 85.1 cm³/mol. The van der Waals surface area contributed by atoms with Crippen molar-refractivity contribution >= 4 is 29.0 Å². The number of hydrogen-bond donors (Lipinski definition) is 2. The molecular formula is C14H19N3O3S. The van der Waals surface area contributed by atoms with Gasteiger partial charge in [0.1, 0.15) is 11.3 Å². The van der Waals surface area contributed by atoms with E-state index in [0.717, 1.165) is 12.8 Å². The predicted octanol–water partition coefficient (Wildman–Crippen LogP) is 2.65. The van der Waals surface area contributed by atoms with Crippen LogP contribution in [0.25, 0.3) is 0 Å². The van der Waals surface area contributed by atoms with Crippen molar-refractivity contribution in [1.82, 2.24) is 5.32 Å². The summed E-state index contributed by atoms with van der Waals surface area (Å²) < 4.78 is 0.129. The molecule has 1 fully saturated rings. The highest BCUT2D eigenvalue weighted by Crippen LogP contribution is 2.46. The van der Waals surface area contributed by atoms with E-state index in [-0.39, 0.29) is 21.9 Å². The van der Waals surface area contributed by atoms with Gasteiger partial charge in [-0.15, -0.1) is 0 Å². The van der Waals surface area contributed by atoms with Crippen LogP contribution in [0.1, 0.15) is 30.1 Å². The number of nitro groups is 1. The topological polar surface area (TPSA) is 84.3 Å². The fourth-order valence-electron chi connectivity index (χ4n) is 2.19. The molecule has 0 aliphatic heterocycles. The summed E-state index contributed by atoms with van der Waals surface area (Å²) in [5, 5.41) is 17.0. The maximum Gasteiger partial charge on any atom is 0.305 e. The van der Waals surface area contributed by atoms with Crippen molar-refractivity contribution < 1.29 is 9.72 Å². The molecule has 2 N–H and O–H groups in total. The van der Waals surface area contributed by atoms with Crippen molar-refractivity contribution in [2.24, 2.45) is 0 Å². The molecule has 0 radical (unpaired) electrons. The number of rotatable bonds is 7. The van der Waals surface area contributed by atoms with Gasteiger partial charge in [-0.3, -0.25) is 14.9 Å². The van der Waals surface area contributed by atoms with Crippen LogP contribution in [0, 0.1) is 10.1 Å². The first-order valence-electron chi connectivity index (χ1n) is 6.87. The van der Waals surface area contributed by atoms with E-state index >= 15 is 0 Å². The lowest BCUT2D eigenvalue weighted by Gasteiger charge is -2.14. The van der Waals surface area contributed by atoms with Gasteiger partial charge in [-0.05, 0) is 38.2 Å². The van der Waals surface area contributed by atoms with E-state index in [0.29, 0.717) is 18.8 Å². The standard InChI is InChI=1S/C14H19N3O3S/c1-3-15-11-6-4-5-10(12(11)17(19)20)13(18)16-9-14(21-2)7-8-14/h4-6,15H,3,7-9H2,1-2H3,(H,16,18). The molecule has 1 aliphatic rings. The highest BCUT2D eigenvalue weighted by Gasteiger charge is 2.42. The normalized spacial score (nSPS) is 15.3. The van der Waals surface area contributed by atoms with Gasteiger partial charge in [0.15, 0.2) is 0 Å². The van der Waals surface area contributed by atoms with Gasteiger partial charge in [-0.2, -0.15) is 11.8 Å². The molecule has 0 spiro atoms. The number of carbonyl (C=O) groups is 1. The van der Waals surface area contributed by atoms with E-state index in [1.165, 1.54) is 6.07 Å². The molecule has 21 heavy (non-hydrogen) atoms. The molecule has 1 aliphatic carbocycles. The summed E-state index contributed by atoms with van der Waals surface area (Å²) in [6, 6.07) is 4.76. The lowest BCUT2D eigenvalue weighted by molar-refractivity contribution is -0.384. The zero-order valence-corrected chi connectivity index (χ0v) is 13.0. The minimum absolute atomic E-state index is 0.107. The Balaban J connectivity index is 2.19. The van der Waals surface area contributed by atoms with Crippen LogP contribution in [-0.2, 0) is 0 Å². The van der Waals surface area contributed by atoms with Gasteiger partial charge in [0.2, 0.25) is 0 Å². The second kappa shape index (κ2) is 6.34. The second-order valence-electron chi connectivity index (χ2n) is 5.06. The van der Waals surface area contributed by atoms with Crippen molar-refractivity contribution in [2.45, 2.75) is 24.5 Å². The number of hydrogen-bond acceptors (Lipinski definition) is 5. The Morgan fingerprint density at radius 3 is 2.71 bits per heavy atom. The van der Waals surface area contributed by atoms with E-state index in [9.17, 15) is 14.9 Å². The number of carbonyl (C=O) groups excluding carboxylic acids is 1. The Morgan fingerprint density at radius 2 is 2.19 bits per heavy atom. The molecule has 1 aromatic carbocycles. The summed E-state index contributed by atoms with van der Waals surface area (Å²) in [6.45, 7) is 2.96. The zero-order chi connectivity index (χ0) is 15.5. The van der Waals surface area contributed by atoms with Gasteiger partial charge < -0.3 is 10.6 Å². The fraction of sp³-hybridized carbons (Fsp3) is 0.500. The van der Waals surface area contributed by atoms with Crippen LogP contribution in [-0.4, -0.2) is 34.9 Å². The van der Waals surface area contributed by atoms with Crippen molar-refractivity contribution in [3.05, 3.63) is 33.9 Å². The Kier molecular flexibility index (Phi) is 4.72. The molecule has 7 heteroatoms. The average Bonchev–Trinajstić information content (AvgIpc) is 3.25. The van der Waals surface area contributed by atoms with Crippen LogP contribution in [0.15, 0.2) is 18.2 Å². The highest BCUT2D eigenvalue weighted by molar-refractivity contribution is 8.00. The third-order valence-electron chi connectivity index (χ3n) is 3.64. The molecule has 1 amide bonds. The summed E-state index contributed by atoms with van der Waals surface area (Å²) >= 11 is 1.74. The minimum atomic E-state index is -0.506. The molecule has 1 aromatic rings. The Labute approximate surface area is 127 Å². The lowest BCUT2D eigenvalue weighted by Crippen LogP contribution is -2.32. The zero-order valence-electron chi connectivity index (χ0n) is 12.1. The van der Waals surface area contributed by atoms with E-state index < -0.39 is 4.92 Å². The van der Waals surface area contributed by atoms with E-state index in [4.69, 9.17) is 0 Å². The fourth-order valence-corrected chi connectivity index (χ4v) is 2.91. The molecule has 0 heterocycles. The Hall–Kier alpha value is -1.76. The molecule has 6 nitrogen and oxygen atoms in total. The molecular weight excluding hydrogens is 290 g/mol. The van der Waals surface area contributed by atoms with Gasteiger partial charge >= 0.3 is 5.69 Å². The van der Waals surface area contributed by atoms with Crippen molar-refractivity contribution in [1.29, 1.82) is 0 Å². The summed E-state index contributed by atoms with van der Waals surface area (Å²) in [4.78, 5) is 23.0. The number of anilines is 1. The quantitative estimate of drug-likeness (QED) is 0.597. The smallest absolute Gasteiger partial charge is 0.305 e. The number of nitrogens with zero attached hydrogens (tertiary/aromatic N) is 1. The first-order chi connectivity index (χ1) is 10.0. The van der Waals surface area contributed by atoms with Gasteiger partial charge in [-0.25, -0.2) is 0 Å². The molecule has 0 bridgehead atoms. The lowest BCUT2D eigenvalue weighted by atomic mass is 10.1. The van der Waals surface area contributed by atoms with E-state index in [1.54, 1.807) is 23.9 Å². The van der Waals surface area contributed by atoms with Crippen LogP contribution < -0.4 is 10.6 Å². The van der Waals surface area contributed by atoms with Crippen molar-refractivity contribution in [3.63, 3.8) is 0 Å². The summed E-state index contributed by atoms with van der Waals surface area (Å²) in [7, 11) is 0. The first kappa shape index (κ1) is 15.6. The maximum atomic E-state index is 12.3. The van der Waals surface area contributed by atoms with Crippen molar-refractivity contribution in [2.75, 3.05) is 24.7 Å². The maximum absolute atomic E-state index is 12.3. The second-order valence-corrected chi connectivity index (χ2v) is 6.33. The van der Waals surface area contributed by atoms with Gasteiger partial charge in [0, 0.05) is 17.8 Å². The number of nitrogens with one attached hydrogen (secondary N) is 2. The first-order valence-corrected chi connectivity index (χ1v) is 8.10. The number of thioether (sulfide) groups is 1. The molecule has 0 aromatic heterocycles. The number of para-hydroxylation sites is 1. The van der Waals surface area contributed by atoms with Crippen LogP contribution in [0.4, 0.5) is 11.4 Å². The average molecular weight is 309 g/mol. The third-order valence-corrected chi connectivity index (χ3v) is 5.06. The molecule has 114 valence electrons. The number of benzene rings is 1. The molecule has 0 saturated heterocycles. The van der Waals surface area contributed by atoms with Crippen LogP contribution in [0.5, 0.6) is 0 Å². The number of amides is 1. The van der Waals surface area contributed by atoms with Crippen LogP contribution >= 0.6 is 11.8 Å². The summed E-state index contributed by atoms with van der Waals surface area (Å²) in [6.07, 6.45) is 4.18. The van der Waals surface area contributed by atoms with Crippen LogP contribution in [0.2, 0.25) is 0 Å². The highest BCUT2D eigenvalue weighted by atomic mass is 32.2. The van der Waals surface area contributed by atoms with E-state index in [1.807, 2.05) is 13.2 Å². The summed E-state index contributed by atoms with van der Waals surface area (Å²) in [5.74, 6) is -0.387. The van der Waals surface area contributed by atoms with Gasteiger partial charge in [-0.1, -0.05) is 6.07 Å². The molecule has 0 unspecified atom stereocenters. The number of nitro benzene ring substituents is 1. The molecule has 1 saturated carbocycles. The molecule has 0 atom stereocenters. The Morgan fingerprint density at radius 1 is 1.48 bits per heavy atom. The monoisotopic (exact) mass is 309 g/mol. The van der Waals surface area contributed by atoms with Crippen LogP contribution in [0.3, 0.4) is 0 Å². The third kappa shape index (κ3) is 3.47.